The second-order valence-electron chi connectivity index (χ2n) is 17.0. The Morgan fingerprint density at radius 3 is 2.27 bits per heavy atom. The van der Waals surface area contributed by atoms with E-state index in [0.29, 0.717) is 12.7 Å². The highest BCUT2D eigenvalue weighted by Crippen LogP contribution is 2.38. The SMILES string of the molecule is CO[C@@H]1[C@@H](O[C@@H]2O[C@H](C)[C@@H](O[C@H]3C[C@@](C)(O)[C@@H](OC(=O)CC(C)C)[C@H](C)O3)[C@H](N(C)C)[C@H]2O)[C@@H](CC=O)C[C@@H](C)[C@@H](O)/C=C\C=C\C[C@@H](C)OC(=O)C[C@H]1OC(C)=O.Cl. The largest absolute Gasteiger partial charge is 0.462 e. The zero-order chi connectivity index (χ0) is 43.5. The summed E-state index contributed by atoms with van der Waals surface area (Å²) < 4.78 is 48.6. The van der Waals surface area contributed by atoms with Crippen LogP contribution in [0.5, 0.6) is 0 Å². The summed E-state index contributed by atoms with van der Waals surface area (Å²) in [6.07, 6.45) is -4.11. The number of aliphatic hydroxyl groups excluding tert-OH is 2. The monoisotopic (exact) mass is 863 g/mol. The summed E-state index contributed by atoms with van der Waals surface area (Å²) in [5, 5.41) is 34.6. The van der Waals surface area contributed by atoms with Crippen LogP contribution < -0.4 is 0 Å². The molecule has 16 atom stereocenters. The fourth-order valence-corrected chi connectivity index (χ4v) is 8.08. The Hall–Kier alpha value is -2.51. The number of ether oxygens (including phenoxy) is 8. The highest BCUT2D eigenvalue weighted by atomic mass is 35.5. The second-order valence-corrected chi connectivity index (χ2v) is 17.0. The fourth-order valence-electron chi connectivity index (χ4n) is 8.08. The van der Waals surface area contributed by atoms with Gasteiger partial charge in [-0.05, 0) is 66.0 Å². The average Bonchev–Trinajstić information content (AvgIpc) is 3.09. The highest BCUT2D eigenvalue weighted by molar-refractivity contribution is 5.85. The van der Waals surface area contributed by atoms with Gasteiger partial charge >= 0.3 is 17.9 Å². The molecule has 0 aromatic rings. The number of methoxy groups -OCH3 is 1. The molecule has 17 heteroatoms. The van der Waals surface area contributed by atoms with Crippen LogP contribution >= 0.6 is 12.4 Å². The Balaban J connectivity index is 0.0000120. The number of aldehydes is 1. The summed E-state index contributed by atoms with van der Waals surface area (Å²) in [7, 11) is 4.86. The van der Waals surface area contributed by atoms with Gasteiger partial charge in [0.2, 0.25) is 0 Å². The van der Waals surface area contributed by atoms with Crippen LogP contribution in [0.3, 0.4) is 0 Å². The first-order chi connectivity index (χ1) is 27.2. The molecule has 0 aromatic carbocycles. The third-order valence-electron chi connectivity index (χ3n) is 10.9. The van der Waals surface area contributed by atoms with Gasteiger partial charge in [0.15, 0.2) is 18.7 Å². The Morgan fingerprint density at radius 2 is 1.69 bits per heavy atom. The number of esters is 3. The first-order valence-electron chi connectivity index (χ1n) is 20.4. The lowest BCUT2D eigenvalue weighted by molar-refractivity contribution is -0.344. The van der Waals surface area contributed by atoms with E-state index in [0.717, 1.165) is 0 Å². The van der Waals surface area contributed by atoms with Crippen molar-refractivity contribution in [3.63, 3.8) is 0 Å². The molecule has 2 fully saturated rings. The standard InChI is InChI=1S/C42H69NO15.ClH/c1-23(2)19-32(47)56-40-27(6)53-34(22-42(40,8)50)57-37-26(5)54-41(36(49)35(37)43(9)10)58-38-29(17-18-44)20-24(3)30(46)16-14-12-13-15-25(4)52-33(48)21-31(39(38)51-11)55-28(7)45;/h12-14,16,18,23-27,29-31,34-41,46,49-50H,15,17,19-22H2,1-11H3;1H/b13-12+,16-14-;/t24-,25-,26-,27+,29+,30+,31-,34+,35-,36-,37-,38+,39+,40+,41+,42-;/m1./s1. The van der Waals surface area contributed by atoms with Crippen molar-refractivity contribution in [1.29, 1.82) is 0 Å². The van der Waals surface area contributed by atoms with E-state index in [4.69, 9.17) is 37.9 Å². The molecule has 3 N–H and O–H groups in total. The van der Waals surface area contributed by atoms with Gasteiger partial charge in [0.05, 0.1) is 36.9 Å². The van der Waals surface area contributed by atoms with Crippen molar-refractivity contribution >= 4 is 36.6 Å². The van der Waals surface area contributed by atoms with Gasteiger partial charge in [0, 0.05) is 39.7 Å². The lowest BCUT2D eigenvalue weighted by Gasteiger charge is -2.50. The summed E-state index contributed by atoms with van der Waals surface area (Å²) in [4.78, 5) is 52.3. The number of hydrogen-bond donors (Lipinski definition) is 3. The number of allylic oxidation sites excluding steroid dienone is 2. The maximum absolute atomic E-state index is 13.2. The van der Waals surface area contributed by atoms with Crippen molar-refractivity contribution in [3.05, 3.63) is 24.3 Å². The lowest BCUT2D eigenvalue weighted by Crippen LogP contribution is -2.66. The number of carbonyl (C=O) groups excluding carboxylic acids is 4. The summed E-state index contributed by atoms with van der Waals surface area (Å²) in [6.45, 7) is 13.5. The molecular weight excluding hydrogens is 794 g/mol. The minimum absolute atomic E-state index is 0. The van der Waals surface area contributed by atoms with Gasteiger partial charge in [-0.3, -0.25) is 14.4 Å². The van der Waals surface area contributed by atoms with Crippen LogP contribution in [0.2, 0.25) is 0 Å². The highest BCUT2D eigenvalue weighted by Gasteiger charge is 2.53. The topological polar surface area (TPSA) is 206 Å². The molecule has 3 heterocycles. The zero-order valence-corrected chi connectivity index (χ0v) is 37.3. The van der Waals surface area contributed by atoms with Crippen LogP contribution in [0.4, 0.5) is 0 Å². The molecule has 2 saturated heterocycles. The smallest absolute Gasteiger partial charge is 0.309 e. The van der Waals surface area contributed by atoms with Gasteiger partial charge in [-0.15, -0.1) is 12.4 Å². The van der Waals surface area contributed by atoms with Crippen LogP contribution in [-0.2, 0) is 57.1 Å². The molecule has 0 saturated carbocycles. The van der Waals surface area contributed by atoms with Crippen molar-refractivity contribution in [1.82, 2.24) is 4.90 Å². The molecule has 0 amide bonds. The lowest BCUT2D eigenvalue weighted by atomic mass is 9.82. The van der Waals surface area contributed by atoms with Gasteiger partial charge in [-0.2, -0.15) is 0 Å². The molecule has 3 rings (SSSR count). The predicted octanol–water partition coefficient (Wildman–Crippen LogP) is 3.44. The second kappa shape index (κ2) is 24.2. The predicted molar refractivity (Wildman–Crippen MR) is 217 cm³/mol. The molecule has 0 unspecified atom stereocenters. The maximum atomic E-state index is 13.2. The Bertz CT molecular complexity index is 1390. The molecule has 0 spiro atoms. The minimum atomic E-state index is -1.50. The first kappa shape index (κ1) is 52.6. The van der Waals surface area contributed by atoms with Crippen LogP contribution in [0.1, 0.15) is 93.9 Å². The van der Waals surface area contributed by atoms with E-state index in [-0.39, 0.29) is 44.0 Å². The van der Waals surface area contributed by atoms with Gasteiger partial charge in [0.1, 0.15) is 42.4 Å². The minimum Gasteiger partial charge on any atom is -0.462 e. The molecule has 0 radical (unpaired) electrons. The van der Waals surface area contributed by atoms with E-state index in [9.17, 15) is 34.5 Å². The number of rotatable bonds is 12. The van der Waals surface area contributed by atoms with Crippen molar-refractivity contribution in [3.8, 4) is 0 Å². The van der Waals surface area contributed by atoms with E-state index in [1.54, 1.807) is 71.0 Å². The van der Waals surface area contributed by atoms with E-state index >= 15 is 0 Å². The molecular formula is C42H70ClNO15. The first-order valence-corrected chi connectivity index (χ1v) is 20.4. The Kier molecular flexibility index (Phi) is 21.6. The number of cyclic esters (lactones) is 1. The molecule has 16 nitrogen and oxygen atoms in total. The van der Waals surface area contributed by atoms with Gasteiger partial charge in [0.25, 0.3) is 0 Å². The zero-order valence-electron chi connectivity index (χ0n) is 36.5. The number of nitrogens with zero attached hydrogens (tertiary/aromatic N) is 1. The summed E-state index contributed by atoms with van der Waals surface area (Å²) in [6, 6.07) is -0.782. The van der Waals surface area contributed by atoms with E-state index in [1.165, 1.54) is 14.0 Å². The van der Waals surface area contributed by atoms with Gasteiger partial charge < -0.3 is 62.9 Å². The van der Waals surface area contributed by atoms with E-state index < -0.39 is 121 Å². The number of halogens is 1. The number of carbonyl (C=O) groups is 4. The molecule has 3 aliphatic rings. The van der Waals surface area contributed by atoms with Crippen molar-refractivity contribution in [2.75, 3.05) is 21.2 Å². The fraction of sp³-hybridized carbons (Fsp3) is 0.810. The van der Waals surface area contributed by atoms with Crippen LogP contribution in [-0.4, -0.2) is 151 Å². The third-order valence-corrected chi connectivity index (χ3v) is 10.9. The quantitative estimate of drug-likeness (QED) is 0.146. The normalized spacial score (nSPS) is 40.0. The van der Waals surface area contributed by atoms with Crippen LogP contribution in [0.15, 0.2) is 24.3 Å². The van der Waals surface area contributed by atoms with Gasteiger partial charge in [-0.1, -0.05) is 45.1 Å². The average molecular weight is 864 g/mol. The summed E-state index contributed by atoms with van der Waals surface area (Å²) in [5.41, 5.74) is -1.50. The Labute approximate surface area is 355 Å². The molecule has 3 aliphatic heterocycles. The molecule has 0 aliphatic carbocycles. The number of aliphatic hydroxyl groups is 3. The van der Waals surface area contributed by atoms with Crippen molar-refractivity contribution < 1.29 is 72.4 Å². The maximum Gasteiger partial charge on any atom is 0.309 e. The molecule has 0 bridgehead atoms. The Morgan fingerprint density at radius 1 is 1.02 bits per heavy atom. The van der Waals surface area contributed by atoms with Crippen molar-refractivity contribution in [2.45, 2.75) is 179 Å². The van der Waals surface area contributed by atoms with E-state index in [2.05, 4.69) is 0 Å². The van der Waals surface area contributed by atoms with Crippen molar-refractivity contribution in [2.24, 2.45) is 17.8 Å². The summed E-state index contributed by atoms with van der Waals surface area (Å²) in [5.74, 6) is -2.82. The third kappa shape index (κ3) is 15.4. The van der Waals surface area contributed by atoms with Gasteiger partial charge in [-0.25, -0.2) is 0 Å². The molecule has 340 valence electrons. The molecule has 59 heavy (non-hydrogen) atoms. The summed E-state index contributed by atoms with van der Waals surface area (Å²) >= 11 is 0. The van der Waals surface area contributed by atoms with Crippen LogP contribution in [0, 0.1) is 17.8 Å². The van der Waals surface area contributed by atoms with Crippen LogP contribution in [0.25, 0.3) is 0 Å². The number of hydrogen-bond acceptors (Lipinski definition) is 16. The number of likely N-dealkylation sites (N-methyl/N-ethyl adjacent to an activating group) is 1. The van der Waals surface area contributed by atoms with E-state index in [1.807, 2.05) is 20.8 Å². The molecule has 0 aromatic heterocycles.